The van der Waals surface area contributed by atoms with Crippen molar-refractivity contribution >= 4 is 17.5 Å². The molecule has 0 radical (unpaired) electrons. The molecule has 1 aromatic carbocycles. The molecule has 0 heterocycles. The Morgan fingerprint density at radius 1 is 1.53 bits per heavy atom. The summed E-state index contributed by atoms with van der Waals surface area (Å²) in [6.07, 6.45) is 0.644. The van der Waals surface area contributed by atoms with Crippen LogP contribution in [0.15, 0.2) is 24.3 Å². The highest BCUT2D eigenvalue weighted by atomic mass is 35.5. The molecule has 0 bridgehead atoms. The monoisotopic (exact) mass is 254 g/mol. The molecule has 3 nitrogen and oxygen atoms in total. The van der Waals surface area contributed by atoms with Gasteiger partial charge in [0.1, 0.15) is 0 Å². The van der Waals surface area contributed by atoms with Crippen LogP contribution in [0.5, 0.6) is 0 Å². The third kappa shape index (κ3) is 3.45. The maximum atomic E-state index is 11.9. The minimum Gasteiger partial charge on any atom is -0.338 e. The van der Waals surface area contributed by atoms with Crippen LogP contribution in [0, 0.1) is 0 Å². The fourth-order valence-electron chi connectivity index (χ4n) is 1.62. The van der Waals surface area contributed by atoms with E-state index in [4.69, 9.17) is 17.3 Å². The van der Waals surface area contributed by atoms with E-state index in [-0.39, 0.29) is 11.9 Å². The van der Waals surface area contributed by atoms with Crippen LogP contribution >= 0.6 is 11.6 Å². The van der Waals surface area contributed by atoms with E-state index < -0.39 is 6.04 Å². The second-order valence-electron chi connectivity index (χ2n) is 4.19. The van der Waals surface area contributed by atoms with Gasteiger partial charge in [-0.3, -0.25) is 4.79 Å². The maximum absolute atomic E-state index is 11.9. The third-order valence-corrected chi connectivity index (χ3v) is 3.25. The van der Waals surface area contributed by atoms with Gasteiger partial charge in [-0.05, 0) is 31.0 Å². The number of benzene rings is 1. The van der Waals surface area contributed by atoms with E-state index in [1.807, 2.05) is 38.1 Å². The Bertz CT molecular complexity index is 395. The minimum atomic E-state index is -0.429. The van der Waals surface area contributed by atoms with Crippen LogP contribution in [-0.2, 0) is 4.79 Å². The average Bonchev–Trinajstić information content (AvgIpc) is 2.35. The zero-order valence-electron chi connectivity index (χ0n) is 10.5. The Balaban J connectivity index is 2.82. The van der Waals surface area contributed by atoms with Crippen molar-refractivity contribution in [1.29, 1.82) is 0 Å². The van der Waals surface area contributed by atoms with Crippen molar-refractivity contribution in [3.8, 4) is 0 Å². The highest BCUT2D eigenvalue weighted by molar-refractivity contribution is 6.30. The van der Waals surface area contributed by atoms with Crippen molar-refractivity contribution in [2.45, 2.75) is 32.4 Å². The normalized spacial score (nSPS) is 14.2. The molecule has 1 amide bonds. The smallest absolute Gasteiger partial charge is 0.239 e. The Morgan fingerprint density at radius 3 is 2.71 bits per heavy atom. The molecule has 17 heavy (non-hydrogen) atoms. The van der Waals surface area contributed by atoms with Crippen LogP contribution in [0.1, 0.15) is 31.9 Å². The number of hydrogen-bond acceptors (Lipinski definition) is 2. The molecule has 0 saturated heterocycles. The second-order valence-corrected chi connectivity index (χ2v) is 4.63. The molecule has 1 unspecified atom stereocenters. The van der Waals surface area contributed by atoms with Gasteiger partial charge in [0.15, 0.2) is 0 Å². The molecule has 0 spiro atoms. The Hall–Kier alpha value is -1.06. The largest absolute Gasteiger partial charge is 0.338 e. The molecule has 2 N–H and O–H groups in total. The van der Waals surface area contributed by atoms with Crippen LogP contribution in [0.3, 0.4) is 0 Å². The summed E-state index contributed by atoms with van der Waals surface area (Å²) in [5.74, 6) is -0.0417. The van der Waals surface area contributed by atoms with Gasteiger partial charge in [0, 0.05) is 12.1 Å². The van der Waals surface area contributed by atoms with Gasteiger partial charge in [-0.15, -0.1) is 0 Å². The van der Waals surface area contributed by atoms with Crippen molar-refractivity contribution in [2.24, 2.45) is 5.73 Å². The van der Waals surface area contributed by atoms with E-state index in [0.29, 0.717) is 11.4 Å². The number of nitrogens with zero attached hydrogens (tertiary/aromatic N) is 1. The highest BCUT2D eigenvalue weighted by Gasteiger charge is 2.21. The van der Waals surface area contributed by atoms with Crippen LogP contribution < -0.4 is 5.73 Å². The fraction of sp³-hybridized carbons (Fsp3) is 0.462. The SMILES string of the molecule is CC[C@H](N)C(=O)N(C)C(C)c1cccc(Cl)c1. The van der Waals surface area contributed by atoms with Crippen LogP contribution in [0.2, 0.25) is 5.02 Å². The van der Waals surface area contributed by atoms with Gasteiger partial charge in [0.25, 0.3) is 0 Å². The van der Waals surface area contributed by atoms with E-state index in [1.54, 1.807) is 11.9 Å². The van der Waals surface area contributed by atoms with Gasteiger partial charge in [-0.25, -0.2) is 0 Å². The van der Waals surface area contributed by atoms with E-state index in [1.165, 1.54) is 0 Å². The first-order valence-electron chi connectivity index (χ1n) is 5.75. The first kappa shape index (κ1) is 14.0. The summed E-state index contributed by atoms with van der Waals surface area (Å²) in [5, 5.41) is 0.676. The number of hydrogen-bond donors (Lipinski definition) is 1. The minimum absolute atomic E-state index is 0.0289. The number of likely N-dealkylation sites (N-methyl/N-ethyl adjacent to an activating group) is 1. The molecule has 0 aliphatic carbocycles. The lowest BCUT2D eigenvalue weighted by Crippen LogP contribution is -2.42. The molecule has 4 heteroatoms. The summed E-state index contributed by atoms with van der Waals surface area (Å²) in [5.41, 5.74) is 6.76. The first-order valence-corrected chi connectivity index (χ1v) is 6.12. The molecule has 0 fully saturated rings. The first-order chi connectivity index (χ1) is 7.97. The zero-order valence-corrected chi connectivity index (χ0v) is 11.2. The van der Waals surface area contributed by atoms with Crippen molar-refractivity contribution < 1.29 is 4.79 Å². The molecule has 1 rings (SSSR count). The molecule has 0 aliphatic rings. The van der Waals surface area contributed by atoms with Gasteiger partial charge in [-0.2, -0.15) is 0 Å². The van der Waals surface area contributed by atoms with Crippen molar-refractivity contribution in [1.82, 2.24) is 4.90 Å². The molecule has 94 valence electrons. The van der Waals surface area contributed by atoms with Crippen molar-refractivity contribution in [3.63, 3.8) is 0 Å². The summed E-state index contributed by atoms with van der Waals surface area (Å²) in [6.45, 7) is 3.87. The predicted molar refractivity (Wildman–Crippen MR) is 70.9 cm³/mol. The van der Waals surface area contributed by atoms with Crippen molar-refractivity contribution in [3.05, 3.63) is 34.9 Å². The lowest BCUT2D eigenvalue weighted by Gasteiger charge is -2.27. The van der Waals surface area contributed by atoms with Crippen LogP contribution in [0.4, 0.5) is 0 Å². The zero-order chi connectivity index (χ0) is 13.0. The quantitative estimate of drug-likeness (QED) is 0.898. The number of rotatable bonds is 4. The number of amides is 1. The molecule has 0 aromatic heterocycles. The van der Waals surface area contributed by atoms with E-state index in [0.717, 1.165) is 5.56 Å². The van der Waals surface area contributed by atoms with E-state index >= 15 is 0 Å². The van der Waals surface area contributed by atoms with E-state index in [9.17, 15) is 4.79 Å². The number of nitrogens with two attached hydrogens (primary N) is 1. The standard InChI is InChI=1S/C13H19ClN2O/c1-4-12(15)13(17)16(3)9(2)10-6-5-7-11(14)8-10/h5-9,12H,4,15H2,1-3H3/t9?,12-/m0/s1. The van der Waals surface area contributed by atoms with Crippen molar-refractivity contribution in [2.75, 3.05) is 7.05 Å². The topological polar surface area (TPSA) is 46.3 Å². The lowest BCUT2D eigenvalue weighted by molar-refractivity contribution is -0.133. The van der Waals surface area contributed by atoms with Gasteiger partial charge >= 0.3 is 0 Å². The molecule has 0 aliphatic heterocycles. The summed E-state index contributed by atoms with van der Waals surface area (Å²) in [7, 11) is 1.77. The predicted octanol–water partition coefficient (Wildman–Crippen LogP) is 2.60. The maximum Gasteiger partial charge on any atom is 0.239 e. The lowest BCUT2D eigenvalue weighted by atomic mass is 10.1. The molecule has 1 aromatic rings. The average molecular weight is 255 g/mol. The Labute approximate surface area is 108 Å². The summed E-state index contributed by atoms with van der Waals surface area (Å²) in [4.78, 5) is 13.6. The summed E-state index contributed by atoms with van der Waals surface area (Å²) in [6, 6.07) is 7.06. The van der Waals surface area contributed by atoms with E-state index in [2.05, 4.69) is 0 Å². The number of halogens is 1. The third-order valence-electron chi connectivity index (χ3n) is 3.02. The molecular weight excluding hydrogens is 236 g/mol. The highest BCUT2D eigenvalue weighted by Crippen LogP contribution is 2.22. The van der Waals surface area contributed by atoms with Crippen LogP contribution in [0.25, 0.3) is 0 Å². The number of carbonyl (C=O) groups excluding carboxylic acids is 1. The van der Waals surface area contributed by atoms with Gasteiger partial charge in [0.05, 0.1) is 12.1 Å². The fourth-order valence-corrected chi connectivity index (χ4v) is 1.82. The molecule has 0 saturated carbocycles. The summed E-state index contributed by atoms with van der Waals surface area (Å²) >= 11 is 5.93. The van der Waals surface area contributed by atoms with Gasteiger partial charge in [0.2, 0.25) is 5.91 Å². The molecular formula is C13H19ClN2O. The second kappa shape index (κ2) is 6.03. The van der Waals surface area contributed by atoms with Gasteiger partial charge in [-0.1, -0.05) is 30.7 Å². The summed E-state index contributed by atoms with van der Waals surface area (Å²) < 4.78 is 0. The Kier molecular flexibility index (Phi) is 4.97. The Morgan fingerprint density at radius 2 is 2.18 bits per heavy atom. The van der Waals surface area contributed by atoms with Crippen LogP contribution in [-0.4, -0.2) is 23.9 Å². The molecule has 2 atom stereocenters. The van der Waals surface area contributed by atoms with Gasteiger partial charge < -0.3 is 10.6 Å². The number of carbonyl (C=O) groups is 1.